The molecule has 0 radical (unpaired) electrons. The van der Waals surface area contributed by atoms with Crippen LogP contribution in [0, 0.1) is 0 Å². The predicted molar refractivity (Wildman–Crippen MR) is 62.1 cm³/mol. The van der Waals surface area contributed by atoms with Gasteiger partial charge in [-0.2, -0.15) is 0 Å². The maximum Gasteiger partial charge on any atom is 0.326 e. The molecule has 0 aromatic carbocycles. The molecular formula is C10H11N5O3. The summed E-state index contributed by atoms with van der Waals surface area (Å²) in [4.78, 5) is 46.5. The molecule has 0 unspecified atom stereocenters. The number of rotatable bonds is 3. The quantitative estimate of drug-likeness (QED) is 0.651. The van der Waals surface area contributed by atoms with Crippen LogP contribution in [-0.4, -0.2) is 37.8 Å². The van der Waals surface area contributed by atoms with Crippen molar-refractivity contribution in [2.24, 2.45) is 0 Å². The average Bonchev–Trinajstić information content (AvgIpc) is 2.79. The van der Waals surface area contributed by atoms with Crippen molar-refractivity contribution in [1.29, 1.82) is 0 Å². The van der Waals surface area contributed by atoms with Crippen LogP contribution in [0.2, 0.25) is 0 Å². The van der Waals surface area contributed by atoms with Gasteiger partial charge in [0.15, 0.2) is 0 Å². The summed E-state index contributed by atoms with van der Waals surface area (Å²) >= 11 is 0. The fraction of sp³-hybridized carbons (Fsp3) is 0.200. The summed E-state index contributed by atoms with van der Waals surface area (Å²) < 4.78 is 0. The molecule has 0 saturated heterocycles. The minimum absolute atomic E-state index is 0.0576. The van der Waals surface area contributed by atoms with E-state index in [4.69, 9.17) is 0 Å². The third kappa shape index (κ3) is 2.54. The molecule has 0 bridgehead atoms. The first-order valence-corrected chi connectivity index (χ1v) is 5.13. The lowest BCUT2D eigenvalue weighted by molar-refractivity contribution is 0.0775. The standard InChI is InChI=1S/C10H11N5O3/c1-15(5-7-11-2-3-12-7)9(17)6-4-8(16)14-10(18)13-6/h2-4H,5H2,1H3,(H,11,12)(H2,13,14,16,18). The number of carbonyl (C=O) groups is 1. The minimum Gasteiger partial charge on any atom is -0.347 e. The summed E-state index contributed by atoms with van der Waals surface area (Å²) in [5.41, 5.74) is -1.39. The second-order valence-electron chi connectivity index (χ2n) is 3.70. The maximum atomic E-state index is 11.9. The molecule has 2 heterocycles. The Kier molecular flexibility index (Phi) is 3.09. The Bertz CT molecular complexity index is 626. The van der Waals surface area contributed by atoms with Crippen LogP contribution in [0.15, 0.2) is 28.0 Å². The van der Waals surface area contributed by atoms with Crippen molar-refractivity contribution in [2.75, 3.05) is 7.05 Å². The molecule has 0 aliphatic heterocycles. The van der Waals surface area contributed by atoms with Crippen LogP contribution in [0.5, 0.6) is 0 Å². The van der Waals surface area contributed by atoms with Gasteiger partial charge >= 0.3 is 5.69 Å². The highest BCUT2D eigenvalue weighted by molar-refractivity contribution is 5.91. The van der Waals surface area contributed by atoms with Crippen LogP contribution in [0.4, 0.5) is 0 Å². The molecule has 0 atom stereocenters. The van der Waals surface area contributed by atoms with Crippen molar-refractivity contribution in [3.8, 4) is 0 Å². The van der Waals surface area contributed by atoms with Gasteiger partial charge in [-0.05, 0) is 0 Å². The summed E-state index contributed by atoms with van der Waals surface area (Å²) in [5, 5.41) is 0. The van der Waals surface area contributed by atoms with Crippen molar-refractivity contribution < 1.29 is 4.79 Å². The van der Waals surface area contributed by atoms with E-state index in [1.807, 2.05) is 4.98 Å². The van der Waals surface area contributed by atoms with Crippen LogP contribution < -0.4 is 11.2 Å². The van der Waals surface area contributed by atoms with Crippen LogP contribution >= 0.6 is 0 Å². The van der Waals surface area contributed by atoms with E-state index in [1.165, 1.54) is 4.90 Å². The number of nitrogens with one attached hydrogen (secondary N) is 3. The SMILES string of the molecule is CN(Cc1ncc[nH]1)C(=O)c1cc(=O)[nH]c(=O)[nH]1. The lowest BCUT2D eigenvalue weighted by Gasteiger charge is -2.14. The zero-order valence-electron chi connectivity index (χ0n) is 9.56. The molecule has 2 aromatic heterocycles. The Balaban J connectivity index is 2.20. The van der Waals surface area contributed by atoms with Gasteiger partial charge in [-0.3, -0.25) is 14.6 Å². The zero-order chi connectivity index (χ0) is 13.1. The molecule has 8 nitrogen and oxygen atoms in total. The monoisotopic (exact) mass is 249 g/mol. The van der Waals surface area contributed by atoms with E-state index >= 15 is 0 Å². The van der Waals surface area contributed by atoms with Gasteiger partial charge < -0.3 is 14.9 Å². The van der Waals surface area contributed by atoms with E-state index in [0.717, 1.165) is 6.07 Å². The zero-order valence-corrected chi connectivity index (χ0v) is 9.56. The van der Waals surface area contributed by atoms with Crippen molar-refractivity contribution >= 4 is 5.91 Å². The summed E-state index contributed by atoms with van der Waals surface area (Å²) in [7, 11) is 1.55. The molecule has 0 spiro atoms. The lowest BCUT2D eigenvalue weighted by atomic mass is 10.3. The van der Waals surface area contributed by atoms with Crippen molar-refractivity contribution in [3.63, 3.8) is 0 Å². The van der Waals surface area contributed by atoms with Gasteiger partial charge in [-0.25, -0.2) is 9.78 Å². The molecule has 2 rings (SSSR count). The van der Waals surface area contributed by atoms with Crippen molar-refractivity contribution in [1.82, 2.24) is 24.8 Å². The number of H-pyrrole nitrogens is 3. The van der Waals surface area contributed by atoms with Gasteiger partial charge in [0.1, 0.15) is 11.5 Å². The van der Waals surface area contributed by atoms with Crippen molar-refractivity contribution in [2.45, 2.75) is 6.54 Å². The Morgan fingerprint density at radius 3 is 2.78 bits per heavy atom. The molecule has 2 aromatic rings. The van der Waals surface area contributed by atoms with E-state index in [0.29, 0.717) is 5.82 Å². The smallest absolute Gasteiger partial charge is 0.326 e. The number of imidazole rings is 1. The first-order chi connectivity index (χ1) is 8.56. The van der Waals surface area contributed by atoms with E-state index in [-0.39, 0.29) is 12.2 Å². The largest absolute Gasteiger partial charge is 0.347 e. The second kappa shape index (κ2) is 4.70. The van der Waals surface area contributed by atoms with E-state index in [9.17, 15) is 14.4 Å². The van der Waals surface area contributed by atoms with Crippen LogP contribution in [0.1, 0.15) is 16.3 Å². The van der Waals surface area contributed by atoms with E-state index in [1.54, 1.807) is 19.4 Å². The highest BCUT2D eigenvalue weighted by Gasteiger charge is 2.14. The molecular weight excluding hydrogens is 238 g/mol. The Morgan fingerprint density at radius 2 is 2.17 bits per heavy atom. The van der Waals surface area contributed by atoms with Gasteiger partial charge in [0.25, 0.3) is 11.5 Å². The molecule has 94 valence electrons. The molecule has 1 amide bonds. The molecule has 0 fully saturated rings. The number of amides is 1. The van der Waals surface area contributed by atoms with Gasteiger partial charge in [-0.15, -0.1) is 0 Å². The van der Waals surface area contributed by atoms with Crippen molar-refractivity contribution in [3.05, 3.63) is 50.8 Å². The average molecular weight is 249 g/mol. The van der Waals surface area contributed by atoms with E-state index < -0.39 is 17.2 Å². The van der Waals surface area contributed by atoms with Crippen LogP contribution in [-0.2, 0) is 6.54 Å². The number of carbonyl (C=O) groups excluding carboxylic acids is 1. The summed E-state index contributed by atoms with van der Waals surface area (Å²) in [5.74, 6) is 0.146. The molecule has 0 aliphatic rings. The van der Waals surface area contributed by atoms with E-state index in [2.05, 4.69) is 15.0 Å². The number of aromatic amines is 3. The second-order valence-corrected chi connectivity index (χ2v) is 3.70. The molecule has 0 aliphatic carbocycles. The summed E-state index contributed by atoms with van der Waals surface area (Å²) in [6, 6.07) is 1.04. The maximum absolute atomic E-state index is 11.9. The number of nitrogens with zero attached hydrogens (tertiary/aromatic N) is 2. The molecule has 18 heavy (non-hydrogen) atoms. The normalized spacial score (nSPS) is 10.3. The molecule has 3 N–H and O–H groups in total. The lowest BCUT2D eigenvalue weighted by Crippen LogP contribution is -2.32. The number of hydrogen-bond donors (Lipinski definition) is 3. The number of hydrogen-bond acceptors (Lipinski definition) is 4. The fourth-order valence-corrected chi connectivity index (χ4v) is 1.47. The van der Waals surface area contributed by atoms with Crippen LogP contribution in [0.3, 0.4) is 0 Å². The Morgan fingerprint density at radius 1 is 1.39 bits per heavy atom. The third-order valence-corrected chi connectivity index (χ3v) is 2.28. The third-order valence-electron chi connectivity index (χ3n) is 2.28. The van der Waals surface area contributed by atoms with Gasteiger partial charge in [0.05, 0.1) is 6.54 Å². The molecule has 8 heteroatoms. The predicted octanol–water partition coefficient (Wildman–Crippen LogP) is -0.941. The molecule has 0 saturated carbocycles. The van der Waals surface area contributed by atoms with Gasteiger partial charge in [-0.1, -0.05) is 0 Å². The summed E-state index contributed by atoms with van der Waals surface area (Å²) in [6.07, 6.45) is 3.21. The first-order valence-electron chi connectivity index (χ1n) is 5.13. The minimum atomic E-state index is -0.711. The van der Waals surface area contributed by atoms with Gasteiger partial charge in [0.2, 0.25) is 0 Å². The first kappa shape index (κ1) is 11.8. The highest BCUT2D eigenvalue weighted by Crippen LogP contribution is 2.00. The fourth-order valence-electron chi connectivity index (χ4n) is 1.47. The number of aromatic nitrogens is 4. The Labute approximate surface area is 101 Å². The van der Waals surface area contributed by atoms with Gasteiger partial charge in [0, 0.05) is 25.5 Å². The summed E-state index contributed by atoms with van der Waals surface area (Å²) in [6.45, 7) is 0.251. The topological polar surface area (TPSA) is 115 Å². The highest BCUT2D eigenvalue weighted by atomic mass is 16.2. The Hall–Kier alpha value is -2.64. The van der Waals surface area contributed by atoms with Crippen LogP contribution in [0.25, 0.3) is 0 Å².